The number of hydrogen-bond acceptors (Lipinski definition) is 0. The minimum Gasteiger partial charge on any atom is -0.412 e. The minimum absolute atomic E-state index is 0. The third-order valence-electron chi connectivity index (χ3n) is 0. The van der Waals surface area contributed by atoms with Crippen molar-refractivity contribution in [3.8, 4) is 0 Å². The summed E-state index contributed by atoms with van der Waals surface area (Å²) in [4.78, 5) is 0. The molecule has 0 unspecified atom stereocenters. The van der Waals surface area contributed by atoms with Crippen LogP contribution in [0.15, 0.2) is 0 Å². The maximum Gasteiger partial charge on any atom is 0 e. The normalized spacial score (nSPS) is 0. The zero-order valence-corrected chi connectivity index (χ0v) is 19.2. The molecule has 0 spiro atoms. The average Bonchev–Trinajstić information content (AvgIpc) is 0. The maximum atomic E-state index is 0. The Bertz CT molecular complexity index is 11.6. The molecule has 0 amide bonds. The number of hydrogen-bond donors (Lipinski definition) is 0. The Balaban J connectivity index is 0. The van der Waals surface area contributed by atoms with Crippen LogP contribution in [0.5, 0.6) is 0 Å². The first-order valence-electron chi connectivity index (χ1n) is 0. The molecule has 0 atom stereocenters. The van der Waals surface area contributed by atoms with Crippen molar-refractivity contribution < 1.29 is 127 Å². The van der Waals surface area contributed by atoms with E-state index in [1.165, 1.54) is 0 Å². The number of rotatable bonds is 0. The Morgan fingerprint density at radius 3 is 0.154 bits per heavy atom. The van der Waals surface area contributed by atoms with Crippen LogP contribution in [0.1, 0.15) is 0 Å². The first kappa shape index (κ1) is 664. The molecule has 0 aromatic carbocycles. The standard InChI is InChI=1S/9H2O.4Zn/h9*1H2;;;;. The van der Waals surface area contributed by atoms with E-state index in [2.05, 4.69) is 0 Å². The zero-order valence-electron chi connectivity index (χ0n) is 7.33. The van der Waals surface area contributed by atoms with Crippen molar-refractivity contribution in [1.29, 1.82) is 0 Å². The Kier molecular flexibility index (Phi) is 27400. The predicted molar refractivity (Wildman–Crippen MR) is 32.5 cm³/mol. The van der Waals surface area contributed by atoms with E-state index in [1.807, 2.05) is 0 Å². The SMILES string of the molecule is O.O.O.O.O.O.O.O.O.[Zn].[Zn].[Zn].[Zn]. The van der Waals surface area contributed by atoms with Crippen molar-refractivity contribution in [2.45, 2.75) is 0 Å². The molecule has 0 aliphatic carbocycles. The maximum absolute atomic E-state index is 0. The van der Waals surface area contributed by atoms with E-state index >= 15 is 0 Å². The predicted octanol–water partition coefficient (Wildman–Crippen LogP) is -7.43. The molecule has 0 aliphatic heterocycles. The van der Waals surface area contributed by atoms with Gasteiger partial charge in [-0.3, -0.25) is 0 Å². The molecule has 0 aromatic rings. The summed E-state index contributed by atoms with van der Waals surface area (Å²) < 4.78 is 0. The molecule has 13 heavy (non-hydrogen) atoms. The Morgan fingerprint density at radius 1 is 0.154 bits per heavy atom. The zero-order chi connectivity index (χ0) is 0. The van der Waals surface area contributed by atoms with Gasteiger partial charge in [-0.25, -0.2) is 0 Å². The van der Waals surface area contributed by atoms with Crippen molar-refractivity contribution in [3.05, 3.63) is 0 Å². The van der Waals surface area contributed by atoms with Crippen molar-refractivity contribution in [3.63, 3.8) is 0 Å². The fraction of sp³-hybridized carbons (Fsp3) is 0. The molecule has 0 fully saturated rings. The van der Waals surface area contributed by atoms with Crippen LogP contribution in [0.2, 0.25) is 0 Å². The van der Waals surface area contributed by atoms with Gasteiger partial charge in [-0.1, -0.05) is 0 Å². The summed E-state index contributed by atoms with van der Waals surface area (Å²) >= 11 is 0. The first-order valence-corrected chi connectivity index (χ1v) is 0. The van der Waals surface area contributed by atoms with Gasteiger partial charge >= 0.3 is 0 Å². The topological polar surface area (TPSA) is 284 Å². The third-order valence-corrected chi connectivity index (χ3v) is 0. The van der Waals surface area contributed by atoms with Crippen LogP contribution >= 0.6 is 0 Å². The quantitative estimate of drug-likeness (QED) is 0.328. The molecule has 0 rings (SSSR count). The van der Waals surface area contributed by atoms with E-state index in [1.54, 1.807) is 0 Å². The van der Waals surface area contributed by atoms with Gasteiger partial charge in [-0.2, -0.15) is 0 Å². The molecule has 0 bridgehead atoms. The van der Waals surface area contributed by atoms with Gasteiger partial charge in [0.05, 0.1) is 0 Å². The van der Waals surface area contributed by atoms with Gasteiger partial charge in [0.2, 0.25) is 0 Å². The molecular weight excluding hydrogens is 406 g/mol. The molecular formula is H18O9Zn4. The molecule has 9 nitrogen and oxygen atoms in total. The first-order chi connectivity index (χ1) is 0. The summed E-state index contributed by atoms with van der Waals surface area (Å²) in [7, 11) is 0. The molecule has 0 radical (unpaired) electrons. The van der Waals surface area contributed by atoms with Gasteiger partial charge in [-0.15, -0.1) is 0 Å². The van der Waals surface area contributed by atoms with E-state index in [9.17, 15) is 0 Å². The van der Waals surface area contributed by atoms with Crippen LogP contribution < -0.4 is 0 Å². The van der Waals surface area contributed by atoms with E-state index in [0.29, 0.717) is 0 Å². The summed E-state index contributed by atoms with van der Waals surface area (Å²) in [6.07, 6.45) is 0. The smallest absolute Gasteiger partial charge is 0 e. The van der Waals surface area contributed by atoms with Gasteiger partial charge in [-0.05, 0) is 0 Å². The van der Waals surface area contributed by atoms with Crippen LogP contribution in [0.25, 0.3) is 0 Å². The van der Waals surface area contributed by atoms with Crippen molar-refractivity contribution in [2.24, 2.45) is 0 Å². The largest absolute Gasteiger partial charge is 0.412 e. The second-order valence-corrected chi connectivity index (χ2v) is 0. The van der Waals surface area contributed by atoms with Gasteiger partial charge in [0.15, 0.2) is 0 Å². The van der Waals surface area contributed by atoms with Crippen molar-refractivity contribution >= 4 is 0 Å². The average molecular weight is 424 g/mol. The minimum atomic E-state index is 0. The van der Waals surface area contributed by atoms with Gasteiger partial charge in [0.1, 0.15) is 0 Å². The van der Waals surface area contributed by atoms with Crippen molar-refractivity contribution in [2.75, 3.05) is 0 Å². The summed E-state index contributed by atoms with van der Waals surface area (Å²) in [5, 5.41) is 0. The molecule has 0 aliphatic rings. The fourth-order valence-electron chi connectivity index (χ4n) is 0. The second kappa shape index (κ2) is 536. The van der Waals surface area contributed by atoms with Crippen LogP contribution in [-0.2, 0) is 77.9 Å². The fourth-order valence-corrected chi connectivity index (χ4v) is 0. The van der Waals surface area contributed by atoms with Gasteiger partial charge in [0, 0.05) is 77.9 Å². The third kappa shape index (κ3) is 457. The molecule has 18 N–H and O–H groups in total. The Hall–Kier alpha value is 2.13. The van der Waals surface area contributed by atoms with Gasteiger partial charge < -0.3 is 49.3 Å². The monoisotopic (exact) mass is 418 g/mol. The molecule has 80 valence electrons. The second-order valence-electron chi connectivity index (χ2n) is 0. The summed E-state index contributed by atoms with van der Waals surface area (Å²) in [6, 6.07) is 0. The van der Waals surface area contributed by atoms with E-state index in [4.69, 9.17) is 0 Å². The van der Waals surface area contributed by atoms with E-state index in [0.717, 1.165) is 0 Å². The Labute approximate surface area is 126 Å². The molecule has 0 aromatic heterocycles. The van der Waals surface area contributed by atoms with Crippen LogP contribution in [0, 0.1) is 0 Å². The molecule has 0 saturated heterocycles. The summed E-state index contributed by atoms with van der Waals surface area (Å²) in [6.45, 7) is 0. The van der Waals surface area contributed by atoms with E-state index in [-0.39, 0.29) is 127 Å². The van der Waals surface area contributed by atoms with E-state index < -0.39 is 0 Å². The van der Waals surface area contributed by atoms with Gasteiger partial charge in [0.25, 0.3) is 0 Å². The van der Waals surface area contributed by atoms with Crippen molar-refractivity contribution in [1.82, 2.24) is 0 Å². The van der Waals surface area contributed by atoms with Crippen LogP contribution in [-0.4, -0.2) is 49.3 Å². The van der Waals surface area contributed by atoms with Crippen LogP contribution in [0.3, 0.4) is 0 Å². The Morgan fingerprint density at radius 2 is 0.154 bits per heavy atom. The molecule has 0 saturated carbocycles. The van der Waals surface area contributed by atoms with Crippen LogP contribution in [0.4, 0.5) is 0 Å². The summed E-state index contributed by atoms with van der Waals surface area (Å²) in [5.41, 5.74) is 0. The molecule has 13 heteroatoms. The summed E-state index contributed by atoms with van der Waals surface area (Å²) in [5.74, 6) is 0. The molecule has 0 heterocycles.